The Morgan fingerprint density at radius 1 is 1.29 bits per heavy atom. The molecule has 0 aliphatic heterocycles. The van der Waals surface area contributed by atoms with Gasteiger partial charge in [0.1, 0.15) is 0 Å². The van der Waals surface area contributed by atoms with Gasteiger partial charge in [-0.2, -0.15) is 8.42 Å². The van der Waals surface area contributed by atoms with Crippen LogP contribution in [0.15, 0.2) is 29.2 Å². The van der Waals surface area contributed by atoms with Crippen LogP contribution in [0.1, 0.15) is 5.56 Å². The summed E-state index contributed by atoms with van der Waals surface area (Å²) in [7, 11) is -4.11. The predicted molar refractivity (Wildman–Crippen MR) is 51.5 cm³/mol. The van der Waals surface area contributed by atoms with Gasteiger partial charge in [-0.3, -0.25) is 9.26 Å². The molecule has 3 N–H and O–H groups in total. The summed E-state index contributed by atoms with van der Waals surface area (Å²) in [6.45, 7) is 0.354. The highest BCUT2D eigenvalue weighted by Gasteiger charge is 2.13. The van der Waals surface area contributed by atoms with Crippen molar-refractivity contribution in [2.75, 3.05) is 6.54 Å². The van der Waals surface area contributed by atoms with Gasteiger partial charge in [-0.25, -0.2) is 0 Å². The molecule has 0 unspecified atom stereocenters. The maximum atomic E-state index is 10.8. The fourth-order valence-corrected chi connectivity index (χ4v) is 1.87. The van der Waals surface area contributed by atoms with Gasteiger partial charge in [0.05, 0.1) is 4.90 Å². The zero-order valence-corrected chi connectivity index (χ0v) is 8.20. The second-order valence-electron chi connectivity index (χ2n) is 2.62. The average Bonchev–Trinajstić information content (AvgIpc) is 2.04. The van der Waals surface area contributed by atoms with E-state index in [1.807, 2.05) is 0 Å². The standard InChI is InChI=1S/C8H11NO3S.FH/c9-6-5-7-3-1-2-4-8(7)13(10,11)12;/h1-4H,5-6,9H2,(H,10,11,12);1H. The molecular formula is C8H12FNO3S. The van der Waals surface area contributed by atoms with Gasteiger partial charge in [0.2, 0.25) is 0 Å². The van der Waals surface area contributed by atoms with Crippen molar-refractivity contribution < 1.29 is 17.7 Å². The highest BCUT2D eigenvalue weighted by molar-refractivity contribution is 7.85. The van der Waals surface area contributed by atoms with Crippen LogP contribution in [0.5, 0.6) is 0 Å². The average molecular weight is 221 g/mol. The second kappa shape index (κ2) is 5.04. The molecule has 1 aromatic rings. The molecule has 14 heavy (non-hydrogen) atoms. The zero-order chi connectivity index (χ0) is 9.90. The van der Waals surface area contributed by atoms with Gasteiger partial charge in [0, 0.05) is 0 Å². The van der Waals surface area contributed by atoms with E-state index >= 15 is 0 Å². The lowest BCUT2D eigenvalue weighted by molar-refractivity contribution is 0.482. The maximum absolute atomic E-state index is 10.8. The number of benzene rings is 1. The van der Waals surface area contributed by atoms with Crippen LogP contribution in [-0.4, -0.2) is 19.5 Å². The third kappa shape index (κ3) is 3.06. The Labute approximate surface area is 81.9 Å². The van der Waals surface area contributed by atoms with Crippen LogP contribution < -0.4 is 5.73 Å². The van der Waals surface area contributed by atoms with Crippen molar-refractivity contribution >= 4 is 10.1 Å². The quantitative estimate of drug-likeness (QED) is 0.732. The summed E-state index contributed by atoms with van der Waals surface area (Å²) in [4.78, 5) is -0.0551. The monoisotopic (exact) mass is 221 g/mol. The molecule has 0 aromatic heterocycles. The van der Waals surface area contributed by atoms with Gasteiger partial charge in [0.25, 0.3) is 10.1 Å². The summed E-state index contributed by atoms with van der Waals surface area (Å²) in [6, 6.07) is 6.26. The number of rotatable bonds is 3. The summed E-state index contributed by atoms with van der Waals surface area (Å²) in [5, 5.41) is 0. The predicted octanol–water partition coefficient (Wildman–Crippen LogP) is 0.587. The van der Waals surface area contributed by atoms with E-state index in [1.54, 1.807) is 18.2 Å². The molecule has 0 aliphatic rings. The van der Waals surface area contributed by atoms with Gasteiger partial charge in [-0.05, 0) is 24.6 Å². The Morgan fingerprint density at radius 2 is 1.86 bits per heavy atom. The third-order valence-electron chi connectivity index (χ3n) is 1.66. The van der Waals surface area contributed by atoms with Crippen LogP contribution in [0.4, 0.5) is 4.70 Å². The first-order valence-corrected chi connectivity index (χ1v) is 5.25. The first-order chi connectivity index (χ1) is 6.05. The van der Waals surface area contributed by atoms with Crippen LogP contribution >= 0.6 is 0 Å². The molecule has 0 atom stereocenters. The van der Waals surface area contributed by atoms with Crippen molar-refractivity contribution in [1.82, 2.24) is 0 Å². The minimum absolute atomic E-state index is 0. The van der Waals surface area contributed by atoms with E-state index in [2.05, 4.69) is 0 Å². The smallest absolute Gasteiger partial charge is 0.294 e. The summed E-state index contributed by atoms with van der Waals surface area (Å²) >= 11 is 0. The molecule has 1 rings (SSSR count). The molecule has 0 bridgehead atoms. The molecule has 6 heteroatoms. The molecule has 0 amide bonds. The fourth-order valence-electron chi connectivity index (χ4n) is 1.12. The van der Waals surface area contributed by atoms with E-state index in [4.69, 9.17) is 10.3 Å². The topological polar surface area (TPSA) is 80.4 Å². The zero-order valence-electron chi connectivity index (χ0n) is 7.38. The van der Waals surface area contributed by atoms with Crippen molar-refractivity contribution in [2.24, 2.45) is 5.73 Å². The Hall–Kier alpha value is -0.980. The van der Waals surface area contributed by atoms with Crippen LogP contribution in [0.3, 0.4) is 0 Å². The van der Waals surface area contributed by atoms with Crippen molar-refractivity contribution in [1.29, 1.82) is 0 Å². The van der Waals surface area contributed by atoms with Crippen molar-refractivity contribution in [3.8, 4) is 0 Å². The van der Waals surface area contributed by atoms with Gasteiger partial charge in [-0.15, -0.1) is 0 Å². The van der Waals surface area contributed by atoms with Gasteiger partial charge < -0.3 is 5.73 Å². The SMILES string of the molecule is F.NCCc1ccccc1S(=O)(=O)O. The number of hydrogen-bond donors (Lipinski definition) is 2. The molecule has 1 aromatic carbocycles. The first kappa shape index (κ1) is 13.0. The van der Waals surface area contributed by atoms with Crippen LogP contribution in [0.2, 0.25) is 0 Å². The molecular weight excluding hydrogens is 209 g/mol. The fraction of sp³-hybridized carbons (Fsp3) is 0.250. The van der Waals surface area contributed by atoms with E-state index in [0.29, 0.717) is 18.5 Å². The Balaban J connectivity index is 0.00000169. The van der Waals surface area contributed by atoms with Crippen molar-refractivity contribution in [3.63, 3.8) is 0 Å². The summed E-state index contributed by atoms with van der Waals surface area (Å²) in [6.07, 6.45) is 0.440. The lowest BCUT2D eigenvalue weighted by atomic mass is 10.1. The Bertz CT molecular complexity index is 391. The van der Waals surface area contributed by atoms with Crippen LogP contribution in [0.25, 0.3) is 0 Å². The highest BCUT2D eigenvalue weighted by atomic mass is 32.2. The normalized spacial score (nSPS) is 10.7. The largest absolute Gasteiger partial charge is 0.330 e. The molecule has 4 nitrogen and oxygen atoms in total. The van der Waals surface area contributed by atoms with E-state index < -0.39 is 10.1 Å². The molecule has 0 saturated heterocycles. The van der Waals surface area contributed by atoms with E-state index in [0.717, 1.165) is 0 Å². The molecule has 0 saturated carbocycles. The number of hydrogen-bond acceptors (Lipinski definition) is 3. The van der Waals surface area contributed by atoms with E-state index in [-0.39, 0.29) is 9.60 Å². The minimum atomic E-state index is -4.11. The molecule has 0 radical (unpaired) electrons. The van der Waals surface area contributed by atoms with Gasteiger partial charge in [-0.1, -0.05) is 18.2 Å². The van der Waals surface area contributed by atoms with Gasteiger partial charge >= 0.3 is 0 Å². The van der Waals surface area contributed by atoms with Crippen LogP contribution in [0, 0.1) is 0 Å². The lowest BCUT2D eigenvalue weighted by Crippen LogP contribution is -2.08. The number of nitrogens with two attached hydrogens (primary N) is 1. The van der Waals surface area contributed by atoms with E-state index in [9.17, 15) is 8.42 Å². The van der Waals surface area contributed by atoms with Crippen LogP contribution in [-0.2, 0) is 16.5 Å². The first-order valence-electron chi connectivity index (χ1n) is 3.81. The molecule has 0 spiro atoms. The molecule has 80 valence electrons. The Kier molecular flexibility index (Phi) is 4.69. The second-order valence-corrected chi connectivity index (χ2v) is 4.01. The van der Waals surface area contributed by atoms with Crippen molar-refractivity contribution in [3.05, 3.63) is 29.8 Å². The molecule has 0 fully saturated rings. The molecule has 0 heterocycles. The summed E-state index contributed by atoms with van der Waals surface area (Å²) in [5.41, 5.74) is 5.84. The van der Waals surface area contributed by atoms with Gasteiger partial charge in [0.15, 0.2) is 0 Å². The molecule has 0 aliphatic carbocycles. The minimum Gasteiger partial charge on any atom is -0.330 e. The Morgan fingerprint density at radius 3 is 2.36 bits per heavy atom. The maximum Gasteiger partial charge on any atom is 0.294 e. The van der Waals surface area contributed by atoms with E-state index in [1.165, 1.54) is 6.07 Å². The van der Waals surface area contributed by atoms with Crippen molar-refractivity contribution in [2.45, 2.75) is 11.3 Å². The summed E-state index contributed by atoms with van der Waals surface area (Å²) in [5.74, 6) is 0. The number of halogens is 1. The lowest BCUT2D eigenvalue weighted by Gasteiger charge is -2.04. The highest BCUT2D eigenvalue weighted by Crippen LogP contribution is 2.14. The third-order valence-corrected chi connectivity index (χ3v) is 2.62. The summed E-state index contributed by atoms with van der Waals surface area (Å²) < 4.78 is 30.5.